The molecule has 2 aromatic heterocycles. The summed E-state index contributed by atoms with van der Waals surface area (Å²) in [6, 6.07) is 8.17. The molecule has 0 bridgehead atoms. The molecule has 6 nitrogen and oxygen atoms in total. The molecule has 0 aliphatic carbocycles. The van der Waals surface area contributed by atoms with E-state index in [-0.39, 0.29) is 23.1 Å². The lowest BCUT2D eigenvalue weighted by Crippen LogP contribution is -2.32. The molecule has 1 aliphatic heterocycles. The van der Waals surface area contributed by atoms with Gasteiger partial charge in [0.1, 0.15) is 11.4 Å². The van der Waals surface area contributed by atoms with Gasteiger partial charge in [0.25, 0.3) is 5.91 Å². The van der Waals surface area contributed by atoms with E-state index in [4.69, 9.17) is 4.42 Å². The minimum Gasteiger partial charge on any atom is -0.451 e. The van der Waals surface area contributed by atoms with Crippen LogP contribution in [-0.4, -0.2) is 26.9 Å². The van der Waals surface area contributed by atoms with Crippen LogP contribution in [0.4, 0.5) is 0 Å². The maximum Gasteiger partial charge on any atom is 0.290 e. The highest BCUT2D eigenvalue weighted by molar-refractivity contribution is 5.93. The van der Waals surface area contributed by atoms with Gasteiger partial charge < -0.3 is 13.9 Å². The van der Waals surface area contributed by atoms with E-state index in [2.05, 4.69) is 4.98 Å². The number of aromatic nitrogens is 2. The van der Waals surface area contributed by atoms with Crippen molar-refractivity contribution in [3.63, 3.8) is 0 Å². The molecular formula is C19H19N3O3. The fourth-order valence-corrected chi connectivity index (χ4v) is 3.57. The summed E-state index contributed by atoms with van der Waals surface area (Å²) in [5.41, 5.74) is 1.16. The molecule has 1 atom stereocenters. The summed E-state index contributed by atoms with van der Waals surface area (Å²) in [5.74, 6) is 0.694. The van der Waals surface area contributed by atoms with E-state index in [0.717, 1.165) is 24.4 Å². The third kappa shape index (κ3) is 2.63. The Kier molecular flexibility index (Phi) is 3.67. The first-order valence-electron chi connectivity index (χ1n) is 8.38. The Morgan fingerprint density at radius 1 is 1.32 bits per heavy atom. The Labute approximate surface area is 144 Å². The summed E-state index contributed by atoms with van der Waals surface area (Å²) < 4.78 is 7.68. The second-order valence-corrected chi connectivity index (χ2v) is 6.48. The van der Waals surface area contributed by atoms with Crippen LogP contribution >= 0.6 is 0 Å². The average molecular weight is 337 g/mol. The molecule has 0 N–H and O–H groups in total. The molecule has 6 heteroatoms. The van der Waals surface area contributed by atoms with E-state index in [1.807, 2.05) is 24.7 Å². The Bertz CT molecular complexity index is 1020. The van der Waals surface area contributed by atoms with Crippen molar-refractivity contribution in [2.24, 2.45) is 7.05 Å². The fraction of sp³-hybridized carbons (Fsp3) is 0.316. The number of carbonyl (C=O) groups is 1. The minimum atomic E-state index is -0.258. The molecule has 0 radical (unpaired) electrons. The molecule has 128 valence electrons. The van der Waals surface area contributed by atoms with Crippen LogP contribution in [-0.2, 0) is 7.05 Å². The second kappa shape index (κ2) is 5.88. The van der Waals surface area contributed by atoms with Crippen molar-refractivity contribution in [3.8, 4) is 0 Å². The summed E-state index contributed by atoms with van der Waals surface area (Å²) in [7, 11) is 1.94. The van der Waals surface area contributed by atoms with Gasteiger partial charge in [-0.05, 0) is 31.9 Å². The quantitative estimate of drug-likeness (QED) is 0.721. The SMILES string of the molecule is Cc1cn(C)c([C@@H]2CCCN2C(=O)c2cc(=O)c3ccccc3o2)n1. The number of imidazole rings is 1. The fourth-order valence-electron chi connectivity index (χ4n) is 3.57. The second-order valence-electron chi connectivity index (χ2n) is 6.48. The van der Waals surface area contributed by atoms with E-state index in [1.165, 1.54) is 6.07 Å². The van der Waals surface area contributed by atoms with Gasteiger partial charge in [0.2, 0.25) is 0 Å². The largest absolute Gasteiger partial charge is 0.451 e. The number of hydrogen-bond donors (Lipinski definition) is 0. The number of benzene rings is 1. The smallest absolute Gasteiger partial charge is 0.290 e. The molecule has 1 saturated heterocycles. The van der Waals surface area contributed by atoms with Gasteiger partial charge in [0.05, 0.1) is 17.1 Å². The average Bonchev–Trinajstić information content (AvgIpc) is 3.20. The Balaban J connectivity index is 1.73. The highest BCUT2D eigenvalue weighted by Crippen LogP contribution is 2.32. The molecule has 25 heavy (non-hydrogen) atoms. The van der Waals surface area contributed by atoms with E-state index < -0.39 is 0 Å². The minimum absolute atomic E-state index is 0.0848. The van der Waals surface area contributed by atoms with Crippen LogP contribution in [0.25, 0.3) is 11.0 Å². The number of fused-ring (bicyclic) bond motifs is 1. The third-order valence-corrected chi connectivity index (χ3v) is 4.69. The number of amides is 1. The molecule has 1 aromatic carbocycles. The van der Waals surface area contributed by atoms with Crippen molar-refractivity contribution >= 4 is 16.9 Å². The molecule has 0 spiro atoms. The van der Waals surface area contributed by atoms with Gasteiger partial charge in [-0.25, -0.2) is 4.98 Å². The number of hydrogen-bond acceptors (Lipinski definition) is 4. The van der Waals surface area contributed by atoms with Gasteiger partial charge in [-0.3, -0.25) is 9.59 Å². The zero-order valence-corrected chi connectivity index (χ0v) is 14.2. The number of para-hydroxylation sites is 1. The molecule has 0 unspecified atom stereocenters. The summed E-state index contributed by atoms with van der Waals surface area (Å²) in [6.45, 7) is 2.57. The number of nitrogens with zero attached hydrogens (tertiary/aromatic N) is 3. The van der Waals surface area contributed by atoms with E-state index in [0.29, 0.717) is 17.5 Å². The Hall–Kier alpha value is -2.89. The lowest BCUT2D eigenvalue weighted by molar-refractivity contribution is 0.0696. The molecule has 3 aromatic rings. The molecule has 3 heterocycles. The van der Waals surface area contributed by atoms with Crippen LogP contribution in [0.15, 0.2) is 45.7 Å². The number of rotatable bonds is 2. The predicted molar refractivity (Wildman–Crippen MR) is 93.4 cm³/mol. The Morgan fingerprint density at radius 2 is 2.12 bits per heavy atom. The van der Waals surface area contributed by atoms with Gasteiger partial charge >= 0.3 is 0 Å². The molecule has 1 amide bonds. The van der Waals surface area contributed by atoms with E-state index in [9.17, 15) is 9.59 Å². The summed E-state index contributed by atoms with van der Waals surface area (Å²) in [6.07, 6.45) is 3.71. The van der Waals surface area contributed by atoms with E-state index in [1.54, 1.807) is 29.2 Å². The van der Waals surface area contributed by atoms with E-state index >= 15 is 0 Å². The van der Waals surface area contributed by atoms with Gasteiger partial charge in [0.15, 0.2) is 11.2 Å². The highest BCUT2D eigenvalue weighted by Gasteiger charge is 2.34. The van der Waals surface area contributed by atoms with Gasteiger partial charge in [0, 0.05) is 25.9 Å². The van der Waals surface area contributed by atoms with Gasteiger partial charge in [-0.1, -0.05) is 12.1 Å². The van der Waals surface area contributed by atoms with Crippen LogP contribution in [0, 0.1) is 6.92 Å². The topological polar surface area (TPSA) is 68.3 Å². The molecule has 1 aliphatic rings. The molecular weight excluding hydrogens is 318 g/mol. The number of likely N-dealkylation sites (tertiary alicyclic amines) is 1. The first-order valence-corrected chi connectivity index (χ1v) is 8.38. The third-order valence-electron chi connectivity index (χ3n) is 4.69. The van der Waals surface area contributed by atoms with Crippen LogP contribution in [0.2, 0.25) is 0 Å². The lowest BCUT2D eigenvalue weighted by Gasteiger charge is -2.23. The maximum absolute atomic E-state index is 13.0. The first kappa shape index (κ1) is 15.6. The molecule has 4 rings (SSSR count). The Morgan fingerprint density at radius 3 is 2.88 bits per heavy atom. The van der Waals surface area contributed by atoms with Gasteiger partial charge in [-0.15, -0.1) is 0 Å². The van der Waals surface area contributed by atoms with Crippen LogP contribution in [0.1, 0.15) is 41.0 Å². The normalized spacial score (nSPS) is 17.4. The number of aryl methyl sites for hydroxylation is 2. The summed E-state index contributed by atoms with van der Waals surface area (Å²) in [5, 5.41) is 0.483. The summed E-state index contributed by atoms with van der Waals surface area (Å²) in [4.78, 5) is 31.6. The van der Waals surface area contributed by atoms with Crippen molar-refractivity contribution < 1.29 is 9.21 Å². The van der Waals surface area contributed by atoms with Gasteiger partial charge in [-0.2, -0.15) is 0 Å². The molecule has 0 saturated carbocycles. The molecule has 1 fully saturated rings. The number of carbonyl (C=O) groups excluding carboxylic acids is 1. The van der Waals surface area contributed by atoms with Crippen molar-refractivity contribution in [1.29, 1.82) is 0 Å². The van der Waals surface area contributed by atoms with Crippen LogP contribution in [0.3, 0.4) is 0 Å². The van der Waals surface area contributed by atoms with Crippen molar-refractivity contribution in [1.82, 2.24) is 14.5 Å². The monoisotopic (exact) mass is 337 g/mol. The van der Waals surface area contributed by atoms with Crippen molar-refractivity contribution in [3.05, 3.63) is 64.0 Å². The maximum atomic E-state index is 13.0. The predicted octanol–water partition coefficient (Wildman–Crippen LogP) is 2.81. The van der Waals surface area contributed by atoms with Crippen LogP contribution < -0.4 is 5.43 Å². The standard InChI is InChI=1S/C19H19N3O3/c1-12-11-21(2)18(20-12)14-7-5-9-22(14)19(24)17-10-15(23)13-6-3-4-8-16(13)25-17/h3-4,6,8,10-11,14H,5,7,9H2,1-2H3/t14-/m0/s1. The highest BCUT2D eigenvalue weighted by atomic mass is 16.3. The zero-order valence-electron chi connectivity index (χ0n) is 14.2. The van der Waals surface area contributed by atoms with Crippen LogP contribution in [0.5, 0.6) is 0 Å². The van der Waals surface area contributed by atoms with Crippen molar-refractivity contribution in [2.75, 3.05) is 6.54 Å². The summed E-state index contributed by atoms with van der Waals surface area (Å²) >= 11 is 0. The van der Waals surface area contributed by atoms with Crippen molar-refractivity contribution in [2.45, 2.75) is 25.8 Å². The lowest BCUT2D eigenvalue weighted by atomic mass is 10.2. The first-order chi connectivity index (χ1) is 12.0. The zero-order chi connectivity index (χ0) is 17.6.